The largest absolute Gasteiger partial charge is 0.353 e. The second-order valence-corrected chi connectivity index (χ2v) is 10.3. The summed E-state index contributed by atoms with van der Waals surface area (Å²) in [6, 6.07) is 3.56. The van der Waals surface area contributed by atoms with Crippen LogP contribution < -0.4 is 11.1 Å². The minimum Gasteiger partial charge on any atom is -0.353 e. The molecule has 0 spiro atoms. The number of halogens is 1. The van der Waals surface area contributed by atoms with Crippen molar-refractivity contribution in [3.8, 4) is 0 Å². The molecular formula is C17H28ClN3O3S2. The summed E-state index contributed by atoms with van der Waals surface area (Å²) in [4.78, 5) is 13.1. The molecule has 3 rings (SSSR count). The molecule has 2 aliphatic rings. The maximum Gasteiger partial charge on any atom is 0.252 e. The van der Waals surface area contributed by atoms with Crippen molar-refractivity contribution >= 4 is 39.7 Å². The lowest BCUT2D eigenvalue weighted by molar-refractivity contribution is -0.121. The van der Waals surface area contributed by atoms with Crippen LogP contribution in [0.4, 0.5) is 0 Å². The number of hydrogen-bond donors (Lipinski definition) is 2. The number of nitrogens with one attached hydrogen (secondary N) is 1. The molecule has 1 aromatic heterocycles. The number of carbonyl (C=O) groups is 1. The SMILES string of the molecule is Cl.NCC1CCCC1NC(=O)Cc1ccc(S(=O)(=O)N2CCCCC2)s1. The molecule has 6 nitrogen and oxygen atoms in total. The Kier molecular flexibility index (Phi) is 7.90. The van der Waals surface area contributed by atoms with Crippen LogP contribution in [-0.4, -0.2) is 44.3 Å². The average Bonchev–Trinajstić information content (AvgIpc) is 3.25. The summed E-state index contributed by atoms with van der Waals surface area (Å²) in [6.07, 6.45) is 6.31. The molecule has 0 radical (unpaired) electrons. The highest BCUT2D eigenvalue weighted by Gasteiger charge is 2.29. The Morgan fingerprint density at radius 2 is 1.92 bits per heavy atom. The van der Waals surface area contributed by atoms with Crippen LogP contribution in [0.25, 0.3) is 0 Å². The van der Waals surface area contributed by atoms with E-state index in [0.717, 1.165) is 43.4 Å². The van der Waals surface area contributed by atoms with Crippen LogP contribution in [0.3, 0.4) is 0 Å². The molecule has 1 aromatic rings. The molecule has 2 unspecified atom stereocenters. The van der Waals surface area contributed by atoms with E-state index >= 15 is 0 Å². The number of sulfonamides is 1. The Morgan fingerprint density at radius 3 is 2.62 bits per heavy atom. The van der Waals surface area contributed by atoms with Gasteiger partial charge in [0.25, 0.3) is 10.0 Å². The lowest BCUT2D eigenvalue weighted by atomic mass is 10.0. The number of piperidine rings is 1. The molecule has 1 aliphatic carbocycles. The molecule has 3 N–H and O–H groups in total. The van der Waals surface area contributed by atoms with Gasteiger partial charge in [-0.3, -0.25) is 4.79 Å². The lowest BCUT2D eigenvalue weighted by Crippen LogP contribution is -2.40. The topological polar surface area (TPSA) is 92.5 Å². The van der Waals surface area contributed by atoms with Gasteiger partial charge in [-0.15, -0.1) is 23.7 Å². The normalized spacial score (nSPS) is 24.2. The fourth-order valence-corrected chi connectivity index (χ4v) is 6.78. The van der Waals surface area contributed by atoms with Gasteiger partial charge >= 0.3 is 0 Å². The third kappa shape index (κ3) is 4.98. The fraction of sp³-hybridized carbons (Fsp3) is 0.706. The van der Waals surface area contributed by atoms with Crippen LogP contribution in [0.2, 0.25) is 0 Å². The summed E-state index contributed by atoms with van der Waals surface area (Å²) in [5.74, 6) is 0.316. The van der Waals surface area contributed by atoms with Gasteiger partial charge in [-0.05, 0) is 50.3 Å². The molecule has 9 heteroatoms. The van der Waals surface area contributed by atoms with E-state index in [4.69, 9.17) is 5.73 Å². The Morgan fingerprint density at radius 1 is 1.19 bits per heavy atom. The smallest absolute Gasteiger partial charge is 0.252 e. The zero-order valence-corrected chi connectivity index (χ0v) is 17.3. The molecule has 2 heterocycles. The van der Waals surface area contributed by atoms with Gasteiger partial charge in [0.2, 0.25) is 5.91 Å². The Hall–Kier alpha value is -0.670. The molecule has 2 atom stereocenters. The van der Waals surface area contributed by atoms with Crippen molar-refractivity contribution in [2.24, 2.45) is 11.7 Å². The summed E-state index contributed by atoms with van der Waals surface area (Å²) < 4.78 is 27.2. The first-order valence-electron chi connectivity index (χ1n) is 9.09. The Balaban J connectivity index is 0.00000243. The molecule has 148 valence electrons. The number of nitrogens with two attached hydrogens (primary N) is 1. The van der Waals surface area contributed by atoms with Crippen LogP contribution >= 0.6 is 23.7 Å². The van der Waals surface area contributed by atoms with E-state index in [1.54, 1.807) is 16.4 Å². The zero-order valence-electron chi connectivity index (χ0n) is 14.9. The van der Waals surface area contributed by atoms with Crippen molar-refractivity contribution in [2.75, 3.05) is 19.6 Å². The number of rotatable bonds is 6. The number of hydrogen-bond acceptors (Lipinski definition) is 5. The number of carbonyl (C=O) groups excluding carboxylic acids is 1. The van der Waals surface area contributed by atoms with Gasteiger partial charge in [-0.1, -0.05) is 12.8 Å². The molecule has 0 bridgehead atoms. The van der Waals surface area contributed by atoms with E-state index in [-0.39, 0.29) is 30.8 Å². The van der Waals surface area contributed by atoms with Gasteiger partial charge in [-0.25, -0.2) is 8.42 Å². The Labute approximate surface area is 166 Å². The molecule has 1 saturated carbocycles. The van der Waals surface area contributed by atoms with Crippen molar-refractivity contribution in [3.63, 3.8) is 0 Å². The fourth-order valence-electron chi connectivity index (χ4n) is 3.75. The number of thiophene rings is 1. The predicted octanol–water partition coefficient (Wildman–Crippen LogP) is 2.13. The van der Waals surface area contributed by atoms with Crippen LogP contribution in [0.15, 0.2) is 16.3 Å². The maximum atomic E-state index is 12.7. The van der Waals surface area contributed by atoms with Crippen molar-refractivity contribution in [2.45, 2.75) is 55.2 Å². The van der Waals surface area contributed by atoms with Gasteiger partial charge in [0.15, 0.2) is 0 Å². The first kappa shape index (κ1) is 21.6. The second kappa shape index (κ2) is 9.50. The van der Waals surface area contributed by atoms with Gasteiger partial charge in [0, 0.05) is 24.0 Å². The number of amides is 1. The predicted molar refractivity (Wildman–Crippen MR) is 106 cm³/mol. The van der Waals surface area contributed by atoms with Gasteiger partial charge < -0.3 is 11.1 Å². The van der Waals surface area contributed by atoms with Gasteiger partial charge in [0.05, 0.1) is 6.42 Å². The number of nitrogens with zero attached hydrogens (tertiary/aromatic N) is 1. The average molecular weight is 422 g/mol. The molecule has 2 fully saturated rings. The van der Waals surface area contributed by atoms with Crippen LogP contribution in [0.1, 0.15) is 43.4 Å². The first-order chi connectivity index (χ1) is 12.0. The second-order valence-electron chi connectivity index (χ2n) is 6.96. The van der Waals surface area contributed by atoms with Crippen LogP contribution in [0, 0.1) is 5.92 Å². The standard InChI is InChI=1S/C17H27N3O3S2.ClH/c18-12-13-5-4-6-15(13)19-16(21)11-14-7-8-17(24-14)25(22,23)20-9-2-1-3-10-20;/h7-8,13,15H,1-6,9-12,18H2,(H,19,21);1H. The van der Waals surface area contributed by atoms with Gasteiger partial charge in [-0.2, -0.15) is 4.31 Å². The maximum absolute atomic E-state index is 12.7. The highest BCUT2D eigenvalue weighted by atomic mass is 35.5. The summed E-state index contributed by atoms with van der Waals surface area (Å²) in [5.41, 5.74) is 5.75. The quantitative estimate of drug-likeness (QED) is 0.735. The molecule has 1 aliphatic heterocycles. The summed E-state index contributed by atoms with van der Waals surface area (Å²) in [7, 11) is -3.41. The van der Waals surface area contributed by atoms with E-state index in [2.05, 4.69) is 5.32 Å². The third-order valence-electron chi connectivity index (χ3n) is 5.19. The highest BCUT2D eigenvalue weighted by molar-refractivity contribution is 7.91. The van der Waals surface area contributed by atoms with E-state index in [1.807, 2.05) is 0 Å². The minimum absolute atomic E-state index is 0. The minimum atomic E-state index is -3.41. The highest BCUT2D eigenvalue weighted by Crippen LogP contribution is 2.28. The molecule has 1 amide bonds. The molecule has 26 heavy (non-hydrogen) atoms. The zero-order chi connectivity index (χ0) is 17.9. The van der Waals surface area contributed by atoms with Crippen LogP contribution in [-0.2, 0) is 21.2 Å². The van der Waals surface area contributed by atoms with Crippen molar-refractivity contribution in [1.29, 1.82) is 0 Å². The van der Waals surface area contributed by atoms with E-state index in [9.17, 15) is 13.2 Å². The van der Waals surface area contributed by atoms with Crippen LogP contribution in [0.5, 0.6) is 0 Å². The van der Waals surface area contributed by atoms with E-state index in [1.165, 1.54) is 11.3 Å². The summed E-state index contributed by atoms with van der Waals surface area (Å²) in [5, 5.41) is 3.07. The van der Waals surface area contributed by atoms with Crippen molar-refractivity contribution in [3.05, 3.63) is 17.0 Å². The molecular weight excluding hydrogens is 394 g/mol. The van der Waals surface area contributed by atoms with Crippen molar-refractivity contribution in [1.82, 2.24) is 9.62 Å². The monoisotopic (exact) mass is 421 g/mol. The summed E-state index contributed by atoms with van der Waals surface area (Å²) in [6.45, 7) is 1.79. The Bertz CT molecular complexity index is 702. The first-order valence-corrected chi connectivity index (χ1v) is 11.3. The van der Waals surface area contributed by atoms with Gasteiger partial charge in [0.1, 0.15) is 4.21 Å². The van der Waals surface area contributed by atoms with E-state index in [0.29, 0.717) is 29.8 Å². The third-order valence-corrected chi connectivity index (χ3v) is 8.64. The molecule has 0 aromatic carbocycles. The van der Waals surface area contributed by atoms with E-state index < -0.39 is 10.0 Å². The van der Waals surface area contributed by atoms with Crippen molar-refractivity contribution < 1.29 is 13.2 Å². The molecule has 1 saturated heterocycles. The summed E-state index contributed by atoms with van der Waals surface area (Å²) >= 11 is 1.21. The lowest BCUT2D eigenvalue weighted by Gasteiger charge is -2.25.